The maximum absolute atomic E-state index is 11.5. The topological polar surface area (TPSA) is 74.2 Å². The summed E-state index contributed by atoms with van der Waals surface area (Å²) in [6.45, 7) is 10.3. The molecule has 22 heavy (non-hydrogen) atoms. The lowest BCUT2D eigenvalue weighted by Crippen LogP contribution is -2.34. The highest BCUT2D eigenvalue weighted by molar-refractivity contribution is 5.67. The summed E-state index contributed by atoms with van der Waals surface area (Å²) in [5.74, 6) is 0. The molecular formula is C17H25N3O2. The van der Waals surface area contributed by atoms with Crippen molar-refractivity contribution in [2.24, 2.45) is 0 Å². The minimum atomic E-state index is -0.489. The van der Waals surface area contributed by atoms with Crippen molar-refractivity contribution in [1.29, 1.82) is 5.26 Å². The van der Waals surface area contributed by atoms with Gasteiger partial charge in [-0.15, -0.1) is 0 Å². The minimum Gasteiger partial charge on any atom is -0.444 e. The molecule has 0 aromatic heterocycles. The number of hydrogen-bond acceptors (Lipinski definition) is 4. The molecule has 1 aromatic rings. The van der Waals surface area contributed by atoms with Gasteiger partial charge in [-0.05, 0) is 52.3 Å². The largest absolute Gasteiger partial charge is 0.444 e. The maximum atomic E-state index is 11.5. The third-order valence-electron chi connectivity index (χ3n) is 3.01. The fourth-order valence-electron chi connectivity index (χ4n) is 1.75. The predicted molar refractivity (Wildman–Crippen MR) is 87.8 cm³/mol. The molecule has 5 heteroatoms. The molecule has 0 saturated heterocycles. The smallest absolute Gasteiger partial charge is 0.407 e. The molecule has 1 rings (SSSR count). The SMILES string of the molecule is CC(C)(C)OC(=O)NCCNc1ccc(C(C)(C)C#N)cc1. The van der Waals surface area contributed by atoms with Crippen LogP contribution in [0.3, 0.4) is 0 Å². The third kappa shape index (κ3) is 6.04. The summed E-state index contributed by atoms with van der Waals surface area (Å²) in [5.41, 5.74) is 0.952. The zero-order valence-corrected chi connectivity index (χ0v) is 14.0. The van der Waals surface area contributed by atoms with Gasteiger partial charge in [-0.3, -0.25) is 0 Å². The van der Waals surface area contributed by atoms with Crippen molar-refractivity contribution >= 4 is 11.8 Å². The number of amides is 1. The zero-order chi connectivity index (χ0) is 16.8. The molecule has 0 unspecified atom stereocenters. The van der Waals surface area contributed by atoms with Gasteiger partial charge in [-0.2, -0.15) is 5.26 Å². The van der Waals surface area contributed by atoms with Gasteiger partial charge in [0.2, 0.25) is 0 Å². The standard InChI is InChI=1S/C17H25N3O2/c1-16(2,3)22-15(21)20-11-10-19-14-8-6-13(7-9-14)17(4,5)12-18/h6-9,19H,10-11H2,1-5H3,(H,20,21). The number of nitrogens with zero attached hydrogens (tertiary/aromatic N) is 1. The number of anilines is 1. The summed E-state index contributed by atoms with van der Waals surface area (Å²) in [6, 6.07) is 10.0. The molecule has 0 aliphatic rings. The van der Waals surface area contributed by atoms with Crippen LogP contribution < -0.4 is 10.6 Å². The molecular weight excluding hydrogens is 278 g/mol. The number of carbonyl (C=O) groups is 1. The second kappa shape index (κ2) is 7.17. The first kappa shape index (κ1) is 17.8. The van der Waals surface area contributed by atoms with Gasteiger partial charge in [-0.1, -0.05) is 12.1 Å². The molecule has 0 saturated carbocycles. The van der Waals surface area contributed by atoms with Crippen LogP contribution in [-0.4, -0.2) is 24.8 Å². The highest BCUT2D eigenvalue weighted by Crippen LogP contribution is 2.23. The number of nitriles is 1. The number of nitrogens with one attached hydrogen (secondary N) is 2. The molecule has 0 heterocycles. The number of benzene rings is 1. The molecule has 0 aliphatic carbocycles. The Balaban J connectivity index is 2.38. The minimum absolute atomic E-state index is 0.416. The number of rotatable bonds is 5. The molecule has 0 radical (unpaired) electrons. The Bertz CT molecular complexity index is 537. The molecule has 0 atom stereocenters. The Morgan fingerprint density at radius 2 is 1.73 bits per heavy atom. The number of ether oxygens (including phenoxy) is 1. The Morgan fingerprint density at radius 1 is 1.14 bits per heavy atom. The lowest BCUT2D eigenvalue weighted by atomic mass is 9.86. The van der Waals surface area contributed by atoms with Crippen molar-refractivity contribution in [2.45, 2.75) is 45.6 Å². The van der Waals surface area contributed by atoms with E-state index in [0.717, 1.165) is 11.3 Å². The van der Waals surface area contributed by atoms with E-state index in [0.29, 0.717) is 13.1 Å². The molecule has 5 nitrogen and oxygen atoms in total. The third-order valence-corrected chi connectivity index (χ3v) is 3.01. The Kier molecular flexibility index (Phi) is 5.81. The van der Waals surface area contributed by atoms with Gasteiger partial charge < -0.3 is 15.4 Å². The Hall–Kier alpha value is -2.22. The Labute approximate surface area is 132 Å². The lowest BCUT2D eigenvalue weighted by molar-refractivity contribution is 0.0530. The second-order valence-corrected chi connectivity index (χ2v) is 6.67. The fraction of sp³-hybridized carbons (Fsp3) is 0.529. The van der Waals surface area contributed by atoms with Gasteiger partial charge in [0.25, 0.3) is 0 Å². The first-order valence-corrected chi connectivity index (χ1v) is 7.36. The fourth-order valence-corrected chi connectivity index (χ4v) is 1.75. The van der Waals surface area contributed by atoms with E-state index < -0.39 is 17.1 Å². The van der Waals surface area contributed by atoms with Gasteiger partial charge in [-0.25, -0.2) is 4.79 Å². The van der Waals surface area contributed by atoms with Crippen LogP contribution in [0, 0.1) is 11.3 Å². The molecule has 2 N–H and O–H groups in total. The van der Waals surface area contributed by atoms with E-state index in [-0.39, 0.29) is 0 Å². The van der Waals surface area contributed by atoms with E-state index in [2.05, 4.69) is 16.7 Å². The van der Waals surface area contributed by atoms with E-state index in [1.807, 2.05) is 58.9 Å². The number of alkyl carbamates (subject to hydrolysis) is 1. The van der Waals surface area contributed by atoms with E-state index >= 15 is 0 Å². The summed E-state index contributed by atoms with van der Waals surface area (Å²) >= 11 is 0. The average Bonchev–Trinajstić information content (AvgIpc) is 2.42. The van der Waals surface area contributed by atoms with Crippen molar-refractivity contribution in [3.05, 3.63) is 29.8 Å². The summed E-state index contributed by atoms with van der Waals surface area (Å²) in [4.78, 5) is 11.5. The molecule has 0 bridgehead atoms. The van der Waals surface area contributed by atoms with Crippen LogP contribution in [0.2, 0.25) is 0 Å². The van der Waals surface area contributed by atoms with Crippen molar-refractivity contribution in [1.82, 2.24) is 5.32 Å². The van der Waals surface area contributed by atoms with E-state index in [4.69, 9.17) is 10.00 Å². The van der Waals surface area contributed by atoms with Gasteiger partial charge in [0.15, 0.2) is 0 Å². The molecule has 0 fully saturated rings. The van der Waals surface area contributed by atoms with Crippen LogP contribution in [-0.2, 0) is 10.2 Å². The van der Waals surface area contributed by atoms with Crippen molar-refractivity contribution in [3.8, 4) is 6.07 Å². The maximum Gasteiger partial charge on any atom is 0.407 e. The number of carbonyl (C=O) groups excluding carboxylic acids is 1. The molecule has 0 spiro atoms. The van der Waals surface area contributed by atoms with Crippen LogP contribution in [0.15, 0.2) is 24.3 Å². The summed E-state index contributed by atoms with van der Waals surface area (Å²) in [6.07, 6.45) is -0.416. The molecule has 1 amide bonds. The van der Waals surface area contributed by atoms with Crippen LogP contribution in [0.25, 0.3) is 0 Å². The van der Waals surface area contributed by atoms with Crippen LogP contribution in [0.5, 0.6) is 0 Å². The lowest BCUT2D eigenvalue weighted by Gasteiger charge is -2.20. The van der Waals surface area contributed by atoms with Gasteiger partial charge in [0.1, 0.15) is 5.60 Å². The summed E-state index contributed by atoms with van der Waals surface area (Å²) in [7, 11) is 0. The Morgan fingerprint density at radius 3 is 2.23 bits per heavy atom. The monoisotopic (exact) mass is 303 g/mol. The predicted octanol–water partition coefficient (Wildman–Crippen LogP) is 3.42. The number of hydrogen-bond donors (Lipinski definition) is 2. The zero-order valence-electron chi connectivity index (χ0n) is 14.0. The van der Waals surface area contributed by atoms with E-state index in [1.54, 1.807) is 0 Å². The van der Waals surface area contributed by atoms with E-state index in [9.17, 15) is 4.79 Å². The van der Waals surface area contributed by atoms with Gasteiger partial charge in [0, 0.05) is 18.8 Å². The molecule has 0 aliphatic heterocycles. The summed E-state index contributed by atoms with van der Waals surface area (Å²) < 4.78 is 5.15. The normalized spacial score (nSPS) is 11.5. The van der Waals surface area contributed by atoms with Crippen molar-refractivity contribution in [3.63, 3.8) is 0 Å². The van der Waals surface area contributed by atoms with Crippen LogP contribution >= 0.6 is 0 Å². The van der Waals surface area contributed by atoms with E-state index in [1.165, 1.54) is 0 Å². The average molecular weight is 303 g/mol. The van der Waals surface area contributed by atoms with Gasteiger partial charge >= 0.3 is 6.09 Å². The summed E-state index contributed by atoms with van der Waals surface area (Å²) in [5, 5.41) is 15.0. The molecule has 1 aromatic carbocycles. The highest BCUT2D eigenvalue weighted by Gasteiger charge is 2.19. The van der Waals surface area contributed by atoms with Crippen LogP contribution in [0.1, 0.15) is 40.2 Å². The highest BCUT2D eigenvalue weighted by atomic mass is 16.6. The first-order chi connectivity index (χ1) is 10.1. The van der Waals surface area contributed by atoms with Crippen molar-refractivity contribution in [2.75, 3.05) is 18.4 Å². The second-order valence-electron chi connectivity index (χ2n) is 6.67. The quantitative estimate of drug-likeness (QED) is 0.817. The first-order valence-electron chi connectivity index (χ1n) is 7.36. The molecule has 120 valence electrons. The van der Waals surface area contributed by atoms with Crippen molar-refractivity contribution < 1.29 is 9.53 Å². The van der Waals surface area contributed by atoms with Gasteiger partial charge in [0.05, 0.1) is 11.5 Å². The van der Waals surface area contributed by atoms with Crippen LogP contribution in [0.4, 0.5) is 10.5 Å².